The SMILES string of the molecule is CC(C)(C)c1ccc(N2c3ccc(C(C)(C)C)cc3B3c4sc5ccc(C(C)(C)C)cc5c4N(c4ccc(C(C)(C)C)cc4)c4cc(C5C[C@@H]6CC7CCCC5C7C6)cc2c43)cc1. The standard InChI is InChI=1S/C59H69BN2S/c1-56(2,3)38-16-22-42(23-17-38)61-49-26-20-41(59(10,11)12)34-48(49)60-53-50(61)31-37(46-30-35-28-36-14-13-15-44(46)45(36)29-35)32-51(53)62(43-24-18-39(19-25-43)57(4,5)6)54-47-33-40(58(7,8)9)21-27-52(47)63-55(54)60/h16-27,31-36,44-46H,13-15,28-30H2,1-12H3/t35-,36?,44?,45?,46?/m1/s1. The van der Waals surface area contributed by atoms with Crippen LogP contribution in [0, 0.1) is 23.7 Å². The molecule has 4 unspecified atom stereocenters. The molecule has 3 fully saturated rings. The summed E-state index contributed by atoms with van der Waals surface area (Å²) in [6, 6.07) is 39.6. The van der Waals surface area contributed by atoms with Crippen molar-refractivity contribution >= 4 is 78.0 Å². The van der Waals surface area contributed by atoms with E-state index in [1.807, 2.05) is 11.3 Å². The molecule has 0 radical (unpaired) electrons. The van der Waals surface area contributed by atoms with Crippen molar-refractivity contribution in [2.45, 2.75) is 149 Å². The van der Waals surface area contributed by atoms with Gasteiger partial charge in [0.1, 0.15) is 0 Å². The molecule has 324 valence electrons. The van der Waals surface area contributed by atoms with Crippen molar-refractivity contribution in [1.82, 2.24) is 0 Å². The Morgan fingerprint density at radius 3 is 1.70 bits per heavy atom. The van der Waals surface area contributed by atoms with Gasteiger partial charge in [0.25, 0.3) is 6.71 Å². The van der Waals surface area contributed by atoms with E-state index in [1.165, 1.54) is 121 Å². The zero-order valence-electron chi connectivity index (χ0n) is 40.2. The summed E-state index contributed by atoms with van der Waals surface area (Å²) in [6.07, 6.45) is 8.51. The fourth-order valence-electron chi connectivity index (χ4n) is 13.0. The first kappa shape index (κ1) is 41.4. The Balaban J connectivity index is 1.24. The molecule has 11 rings (SSSR count). The number of thiophene rings is 1. The molecule has 0 spiro atoms. The van der Waals surface area contributed by atoms with E-state index < -0.39 is 0 Å². The highest BCUT2D eigenvalue weighted by molar-refractivity contribution is 7.33. The zero-order valence-corrected chi connectivity index (χ0v) is 41.1. The van der Waals surface area contributed by atoms with Crippen LogP contribution in [0.3, 0.4) is 0 Å². The molecule has 4 heteroatoms. The van der Waals surface area contributed by atoms with E-state index in [4.69, 9.17) is 0 Å². The van der Waals surface area contributed by atoms with Gasteiger partial charge in [0, 0.05) is 43.3 Å². The second kappa shape index (κ2) is 14.1. The largest absolute Gasteiger partial charge is 0.311 e. The molecule has 0 saturated heterocycles. The van der Waals surface area contributed by atoms with Gasteiger partial charge in [-0.25, -0.2) is 0 Å². The Morgan fingerprint density at radius 2 is 1.08 bits per heavy atom. The Labute approximate surface area is 383 Å². The van der Waals surface area contributed by atoms with Crippen molar-refractivity contribution in [2.24, 2.45) is 23.7 Å². The zero-order chi connectivity index (χ0) is 44.1. The van der Waals surface area contributed by atoms with Crippen LogP contribution in [0.25, 0.3) is 10.1 Å². The number of hydrogen-bond donors (Lipinski definition) is 0. The van der Waals surface area contributed by atoms with Gasteiger partial charge >= 0.3 is 0 Å². The number of anilines is 6. The lowest BCUT2D eigenvalue weighted by Gasteiger charge is -2.46. The van der Waals surface area contributed by atoms with Gasteiger partial charge in [0.05, 0.1) is 5.69 Å². The van der Waals surface area contributed by atoms with Crippen LogP contribution in [0.15, 0.2) is 97.1 Å². The van der Waals surface area contributed by atoms with E-state index in [0.29, 0.717) is 5.92 Å². The molecule has 1 aromatic heterocycles. The molecule has 5 aromatic carbocycles. The van der Waals surface area contributed by atoms with Gasteiger partial charge in [-0.2, -0.15) is 0 Å². The first-order valence-electron chi connectivity index (χ1n) is 24.4. The molecule has 6 aromatic rings. The summed E-state index contributed by atoms with van der Waals surface area (Å²) in [4.78, 5) is 5.43. The van der Waals surface area contributed by atoms with Crippen molar-refractivity contribution in [3.05, 3.63) is 125 Å². The summed E-state index contributed by atoms with van der Waals surface area (Å²) in [5.41, 5.74) is 18.2. The summed E-state index contributed by atoms with van der Waals surface area (Å²) < 4.78 is 2.85. The maximum absolute atomic E-state index is 2.74. The molecule has 2 aliphatic heterocycles. The van der Waals surface area contributed by atoms with E-state index >= 15 is 0 Å². The molecule has 5 aliphatic rings. The van der Waals surface area contributed by atoms with Crippen LogP contribution in [0.4, 0.5) is 34.1 Å². The lowest BCUT2D eigenvalue weighted by molar-refractivity contribution is 0.131. The van der Waals surface area contributed by atoms with Crippen molar-refractivity contribution in [3.8, 4) is 0 Å². The van der Waals surface area contributed by atoms with Crippen LogP contribution in [0.2, 0.25) is 0 Å². The summed E-state index contributed by atoms with van der Waals surface area (Å²) in [7, 11) is 0. The van der Waals surface area contributed by atoms with Gasteiger partial charge in [-0.05, 0) is 170 Å². The average Bonchev–Trinajstić information content (AvgIpc) is 3.81. The highest BCUT2D eigenvalue weighted by atomic mass is 32.1. The van der Waals surface area contributed by atoms with Crippen LogP contribution in [-0.2, 0) is 21.7 Å². The van der Waals surface area contributed by atoms with Crippen molar-refractivity contribution in [3.63, 3.8) is 0 Å². The van der Waals surface area contributed by atoms with Crippen molar-refractivity contribution in [1.29, 1.82) is 0 Å². The Hall–Kier alpha value is -4.28. The van der Waals surface area contributed by atoms with E-state index in [-0.39, 0.29) is 28.4 Å². The number of nitrogens with zero attached hydrogens (tertiary/aromatic N) is 2. The van der Waals surface area contributed by atoms with E-state index in [0.717, 1.165) is 23.7 Å². The van der Waals surface area contributed by atoms with E-state index in [2.05, 4.69) is 190 Å². The predicted octanol–water partition coefficient (Wildman–Crippen LogP) is 15.1. The van der Waals surface area contributed by atoms with Gasteiger partial charge in [0.15, 0.2) is 0 Å². The topological polar surface area (TPSA) is 6.48 Å². The number of fused-ring (bicyclic) bond motifs is 7. The fraction of sp³-hybridized carbons (Fsp3) is 0.458. The van der Waals surface area contributed by atoms with Crippen molar-refractivity contribution in [2.75, 3.05) is 9.80 Å². The van der Waals surface area contributed by atoms with E-state index in [1.54, 1.807) is 5.56 Å². The second-order valence-electron chi connectivity index (χ2n) is 24.7. The first-order valence-corrected chi connectivity index (χ1v) is 25.3. The highest BCUT2D eigenvalue weighted by Crippen LogP contribution is 2.60. The normalized spacial score (nSPS) is 22.9. The Bertz CT molecular complexity index is 2760. The lowest BCUT2D eigenvalue weighted by atomic mass is 9.36. The van der Waals surface area contributed by atoms with Crippen LogP contribution in [0.1, 0.15) is 155 Å². The van der Waals surface area contributed by atoms with Crippen LogP contribution < -0.4 is 25.5 Å². The molecule has 2 nitrogen and oxygen atoms in total. The molecular weight excluding hydrogens is 780 g/mol. The highest BCUT2D eigenvalue weighted by Gasteiger charge is 2.51. The lowest BCUT2D eigenvalue weighted by Crippen LogP contribution is -2.60. The third-order valence-corrected chi connectivity index (χ3v) is 17.7. The third-order valence-electron chi connectivity index (χ3n) is 16.4. The molecule has 3 heterocycles. The first-order chi connectivity index (χ1) is 29.7. The molecule has 5 atom stereocenters. The molecule has 0 amide bonds. The van der Waals surface area contributed by atoms with Crippen LogP contribution in [0.5, 0.6) is 0 Å². The third kappa shape index (κ3) is 6.69. The molecule has 3 aliphatic carbocycles. The van der Waals surface area contributed by atoms with Gasteiger partial charge in [-0.3, -0.25) is 0 Å². The summed E-state index contributed by atoms with van der Waals surface area (Å²) >= 11 is 2.04. The van der Waals surface area contributed by atoms with Gasteiger partial charge in [-0.1, -0.05) is 138 Å². The maximum atomic E-state index is 2.74. The molecule has 63 heavy (non-hydrogen) atoms. The monoisotopic (exact) mass is 849 g/mol. The minimum atomic E-state index is 0.0134. The minimum Gasteiger partial charge on any atom is -0.311 e. The Kier molecular flexibility index (Phi) is 9.28. The van der Waals surface area contributed by atoms with Crippen molar-refractivity contribution < 1.29 is 0 Å². The molecule has 0 N–H and O–H groups in total. The van der Waals surface area contributed by atoms with Crippen LogP contribution in [-0.4, -0.2) is 6.71 Å². The number of benzene rings is 5. The number of hydrogen-bond acceptors (Lipinski definition) is 3. The predicted molar refractivity (Wildman–Crippen MR) is 275 cm³/mol. The smallest absolute Gasteiger partial charge is 0.264 e. The summed E-state index contributed by atoms with van der Waals surface area (Å²) in [5.74, 6) is 4.07. The summed E-state index contributed by atoms with van der Waals surface area (Å²) in [6.45, 7) is 28.4. The van der Waals surface area contributed by atoms with Crippen LogP contribution >= 0.6 is 11.3 Å². The molecule has 3 saturated carbocycles. The van der Waals surface area contributed by atoms with E-state index in [9.17, 15) is 0 Å². The molecule has 2 bridgehead atoms. The minimum absolute atomic E-state index is 0.0134. The maximum Gasteiger partial charge on any atom is 0.264 e. The Morgan fingerprint density at radius 1 is 0.524 bits per heavy atom. The second-order valence-corrected chi connectivity index (χ2v) is 25.8. The van der Waals surface area contributed by atoms with Gasteiger partial charge in [0.2, 0.25) is 0 Å². The average molecular weight is 849 g/mol. The van der Waals surface area contributed by atoms with Gasteiger partial charge in [-0.15, -0.1) is 11.3 Å². The summed E-state index contributed by atoms with van der Waals surface area (Å²) in [5, 5.41) is 1.39. The quantitative estimate of drug-likeness (QED) is 0.163. The number of rotatable bonds is 3. The molecular formula is C59H69BN2S. The fourth-order valence-corrected chi connectivity index (χ4v) is 14.3. The van der Waals surface area contributed by atoms with Gasteiger partial charge < -0.3 is 9.80 Å².